The Hall–Kier alpha value is 0.430. The maximum absolute atomic E-state index is 2.15. The zero-order valence-corrected chi connectivity index (χ0v) is 7.07. The lowest BCUT2D eigenvalue weighted by Gasteiger charge is -1.39. The van der Waals surface area contributed by atoms with Gasteiger partial charge in [0.2, 0.25) is 0 Å². The molecule has 0 atom stereocenters. The van der Waals surface area contributed by atoms with Gasteiger partial charge in [0.25, 0.3) is 0 Å². The molecule has 0 N–H and O–H groups in total. The van der Waals surface area contributed by atoms with E-state index in [0.29, 0.717) is 0 Å². The summed E-state index contributed by atoms with van der Waals surface area (Å²) in [5.74, 6) is 0. The van der Waals surface area contributed by atoms with Gasteiger partial charge in [-0.05, 0) is 15.7 Å². The summed E-state index contributed by atoms with van der Waals surface area (Å²) in [6, 6.07) is 4.04. The van der Waals surface area contributed by atoms with Crippen LogP contribution < -0.4 is 0 Å². The molecule has 0 spiro atoms. The van der Waals surface area contributed by atoms with Crippen molar-refractivity contribution in [2.24, 2.45) is 0 Å². The number of rotatable bonds is 0. The molecular formula is C5H7IS. The summed E-state index contributed by atoms with van der Waals surface area (Å²) in [5, 5.41) is 4.08. The summed E-state index contributed by atoms with van der Waals surface area (Å²) in [5.41, 5.74) is 0. The zero-order chi connectivity index (χ0) is 5.54. The van der Waals surface area contributed by atoms with Gasteiger partial charge in [-0.3, -0.25) is 0 Å². The molecule has 0 radical (unpaired) electrons. The average Bonchev–Trinajstić information content (AvgIpc) is 2.23. The fourth-order valence-electron chi connectivity index (χ4n) is 0.227. The molecule has 0 bridgehead atoms. The number of thiophene rings is 1. The highest BCUT2D eigenvalue weighted by Crippen LogP contribution is 1.91. The minimum absolute atomic E-state index is 1.71. The van der Waals surface area contributed by atoms with Crippen molar-refractivity contribution < 1.29 is 0 Å². The van der Waals surface area contributed by atoms with Crippen LogP contribution in [-0.4, -0.2) is 4.93 Å². The van der Waals surface area contributed by atoms with E-state index in [1.54, 1.807) is 11.3 Å². The molecule has 0 saturated carbocycles. The second-order valence-electron chi connectivity index (χ2n) is 0.793. The van der Waals surface area contributed by atoms with Gasteiger partial charge in [0.05, 0.1) is 0 Å². The first kappa shape index (κ1) is 7.43. The lowest BCUT2D eigenvalue weighted by Crippen LogP contribution is -1.16. The number of alkyl halides is 1. The molecule has 0 saturated heterocycles. The van der Waals surface area contributed by atoms with Gasteiger partial charge in [-0.15, -0.1) is 0 Å². The number of halogens is 1. The minimum Gasteiger partial charge on any atom is -0.152 e. The van der Waals surface area contributed by atoms with Crippen molar-refractivity contribution in [2.45, 2.75) is 0 Å². The molecule has 0 aromatic carbocycles. The summed E-state index contributed by atoms with van der Waals surface area (Å²) < 4.78 is 0. The second-order valence-corrected chi connectivity index (χ2v) is 1.61. The van der Waals surface area contributed by atoms with Crippen molar-refractivity contribution in [3.05, 3.63) is 22.9 Å². The predicted molar refractivity (Wildman–Crippen MR) is 44.3 cm³/mol. The summed E-state index contributed by atoms with van der Waals surface area (Å²) in [6.45, 7) is 0. The van der Waals surface area contributed by atoms with Crippen LogP contribution in [0.4, 0.5) is 0 Å². The molecule has 0 aliphatic carbocycles. The van der Waals surface area contributed by atoms with Crippen LogP contribution in [0.15, 0.2) is 22.9 Å². The molecule has 1 aromatic heterocycles. The van der Waals surface area contributed by atoms with E-state index in [2.05, 4.69) is 22.6 Å². The van der Waals surface area contributed by atoms with Crippen LogP contribution >= 0.6 is 33.9 Å². The van der Waals surface area contributed by atoms with Crippen LogP contribution in [0.3, 0.4) is 0 Å². The number of hydrogen-bond donors (Lipinski definition) is 0. The van der Waals surface area contributed by atoms with Crippen molar-refractivity contribution in [3.63, 3.8) is 0 Å². The third-order valence-corrected chi connectivity index (χ3v) is 1.05. The van der Waals surface area contributed by atoms with Crippen LogP contribution in [0, 0.1) is 0 Å². The van der Waals surface area contributed by atoms with Gasteiger partial charge in [-0.25, -0.2) is 0 Å². The normalized spacial score (nSPS) is 6.57. The highest BCUT2D eigenvalue weighted by atomic mass is 127. The van der Waals surface area contributed by atoms with Crippen LogP contribution in [-0.2, 0) is 0 Å². The molecule has 1 aromatic rings. The van der Waals surface area contributed by atoms with Crippen molar-refractivity contribution in [1.82, 2.24) is 0 Å². The maximum Gasteiger partial charge on any atom is -0.00934 e. The maximum atomic E-state index is 2.15. The third-order valence-electron chi connectivity index (χ3n) is 0.425. The summed E-state index contributed by atoms with van der Waals surface area (Å²) >= 11 is 3.86. The molecule has 40 valence electrons. The van der Waals surface area contributed by atoms with Crippen LogP contribution in [0.25, 0.3) is 0 Å². The fraction of sp³-hybridized carbons (Fsp3) is 0.200. The Morgan fingerprint density at radius 3 is 1.71 bits per heavy atom. The SMILES string of the molecule is CI.c1ccsc1. The Bertz CT molecular complexity index is 64.6. The van der Waals surface area contributed by atoms with Gasteiger partial charge in [-0.1, -0.05) is 34.7 Å². The largest absolute Gasteiger partial charge is 0.152 e. The van der Waals surface area contributed by atoms with Gasteiger partial charge in [-0.2, -0.15) is 11.3 Å². The van der Waals surface area contributed by atoms with E-state index in [9.17, 15) is 0 Å². The molecule has 0 unspecified atom stereocenters. The molecule has 0 fully saturated rings. The lowest BCUT2D eigenvalue weighted by atomic mass is 10.7. The average molecular weight is 226 g/mol. The molecule has 7 heavy (non-hydrogen) atoms. The summed E-state index contributed by atoms with van der Waals surface area (Å²) in [4.78, 5) is 1.97. The fourth-order valence-corrected chi connectivity index (χ4v) is 0.680. The van der Waals surface area contributed by atoms with Crippen molar-refractivity contribution in [1.29, 1.82) is 0 Å². The first-order chi connectivity index (χ1) is 3.50. The molecular weight excluding hydrogens is 219 g/mol. The van der Waals surface area contributed by atoms with E-state index in [-0.39, 0.29) is 0 Å². The first-order valence-corrected chi connectivity index (χ1v) is 4.95. The Balaban J connectivity index is 0.000000162. The number of hydrogen-bond acceptors (Lipinski definition) is 1. The molecule has 0 nitrogen and oxygen atoms in total. The lowest BCUT2D eigenvalue weighted by molar-refractivity contribution is 2.03. The Kier molecular flexibility index (Phi) is 6.82. The predicted octanol–water partition coefficient (Wildman–Crippen LogP) is 2.80. The molecule has 0 aliphatic rings. The van der Waals surface area contributed by atoms with E-state index in [4.69, 9.17) is 0 Å². The highest BCUT2D eigenvalue weighted by Gasteiger charge is 1.58. The van der Waals surface area contributed by atoms with Gasteiger partial charge < -0.3 is 0 Å². The minimum atomic E-state index is 1.71. The van der Waals surface area contributed by atoms with Crippen molar-refractivity contribution in [3.8, 4) is 0 Å². The van der Waals surface area contributed by atoms with Gasteiger partial charge in [0.1, 0.15) is 0 Å². The first-order valence-electron chi connectivity index (χ1n) is 1.85. The topological polar surface area (TPSA) is 0 Å². The van der Waals surface area contributed by atoms with Gasteiger partial charge in [0, 0.05) is 0 Å². The standard InChI is InChI=1S/C4H4S.CH3I/c1-2-4-5-3-1;1-2/h1-4H;1H3. The molecule has 1 heterocycles. The van der Waals surface area contributed by atoms with Crippen LogP contribution in [0.5, 0.6) is 0 Å². The highest BCUT2D eigenvalue weighted by molar-refractivity contribution is 14.1. The van der Waals surface area contributed by atoms with E-state index in [0.717, 1.165) is 0 Å². The third kappa shape index (κ3) is 4.28. The van der Waals surface area contributed by atoms with Crippen molar-refractivity contribution in [2.75, 3.05) is 4.93 Å². The van der Waals surface area contributed by atoms with Gasteiger partial charge in [0.15, 0.2) is 0 Å². The van der Waals surface area contributed by atoms with E-state index >= 15 is 0 Å². The molecule has 2 heteroatoms. The summed E-state index contributed by atoms with van der Waals surface area (Å²) in [6.07, 6.45) is 0. The smallest absolute Gasteiger partial charge is 0.00934 e. The summed E-state index contributed by atoms with van der Waals surface area (Å²) in [7, 11) is 0. The van der Waals surface area contributed by atoms with Gasteiger partial charge >= 0.3 is 0 Å². The monoisotopic (exact) mass is 226 g/mol. The second kappa shape index (κ2) is 6.43. The molecule has 1 rings (SSSR count). The Morgan fingerprint density at radius 2 is 1.57 bits per heavy atom. The van der Waals surface area contributed by atoms with E-state index in [1.165, 1.54) is 0 Å². The van der Waals surface area contributed by atoms with E-state index in [1.807, 2.05) is 27.8 Å². The van der Waals surface area contributed by atoms with E-state index < -0.39 is 0 Å². The quantitative estimate of drug-likeness (QED) is 0.471. The molecule has 0 amide bonds. The Labute approximate surface area is 61.7 Å². The van der Waals surface area contributed by atoms with Crippen molar-refractivity contribution >= 4 is 33.9 Å². The van der Waals surface area contributed by atoms with Crippen LogP contribution in [0.1, 0.15) is 0 Å². The zero-order valence-electron chi connectivity index (χ0n) is 4.10. The molecule has 0 aliphatic heterocycles. The Morgan fingerprint density at radius 1 is 1.14 bits per heavy atom. The van der Waals surface area contributed by atoms with Crippen LogP contribution in [0.2, 0.25) is 0 Å².